The van der Waals surface area contributed by atoms with Crippen LogP contribution in [0.2, 0.25) is 0 Å². The molecule has 1 heterocycles. The van der Waals surface area contributed by atoms with E-state index in [0.29, 0.717) is 12.0 Å². The minimum absolute atomic E-state index is 0.242. The average molecular weight is 309 g/mol. The van der Waals surface area contributed by atoms with Crippen molar-refractivity contribution < 1.29 is 4.39 Å². The number of alkyl halides is 1. The fourth-order valence-corrected chi connectivity index (χ4v) is 2.35. The molecule has 0 N–H and O–H groups in total. The fourth-order valence-electron chi connectivity index (χ4n) is 2.01. The van der Waals surface area contributed by atoms with Gasteiger partial charge in [0.05, 0.1) is 12.2 Å². The molecule has 0 radical (unpaired) electrons. The Balaban J connectivity index is 1.97. The molecule has 2 nitrogen and oxygen atoms in total. The summed E-state index contributed by atoms with van der Waals surface area (Å²) in [6, 6.07) is 7.91. The van der Waals surface area contributed by atoms with Crippen molar-refractivity contribution >= 4 is 22.0 Å². The molecule has 0 aromatic heterocycles. The van der Waals surface area contributed by atoms with Crippen LogP contribution < -0.4 is 0 Å². The molecule has 1 saturated heterocycles. The van der Waals surface area contributed by atoms with E-state index in [1.165, 1.54) is 5.57 Å². The Bertz CT molecular complexity index is 497. The van der Waals surface area contributed by atoms with Crippen LogP contribution in [0, 0.1) is 11.3 Å². The molecule has 4 heteroatoms. The zero-order valence-corrected chi connectivity index (χ0v) is 11.6. The Kier molecular flexibility index (Phi) is 4.51. The van der Waals surface area contributed by atoms with Crippen molar-refractivity contribution in [1.29, 1.82) is 5.26 Å². The standard InChI is InChI=1S/C14H14BrFN2/c15-14-3-2-11(7-13(14)8-17)6-12-9-18(10-12)5-1-4-16/h2-3,6-7H,1,4-5,9-10H2. The van der Waals surface area contributed by atoms with Crippen LogP contribution in [-0.4, -0.2) is 31.2 Å². The Morgan fingerprint density at radius 2 is 2.22 bits per heavy atom. The quantitative estimate of drug-likeness (QED) is 0.852. The highest BCUT2D eigenvalue weighted by atomic mass is 79.9. The second kappa shape index (κ2) is 6.12. The van der Waals surface area contributed by atoms with Gasteiger partial charge in [0, 0.05) is 24.1 Å². The van der Waals surface area contributed by atoms with Crippen molar-refractivity contribution in [3.05, 3.63) is 39.4 Å². The molecule has 0 aliphatic carbocycles. The molecule has 0 amide bonds. The number of hydrogen-bond donors (Lipinski definition) is 0. The molecule has 0 unspecified atom stereocenters. The van der Waals surface area contributed by atoms with E-state index in [1.807, 2.05) is 18.2 Å². The van der Waals surface area contributed by atoms with Gasteiger partial charge in [0.2, 0.25) is 0 Å². The second-order valence-corrected chi connectivity index (χ2v) is 5.26. The smallest absolute Gasteiger partial charge is 0.100 e. The van der Waals surface area contributed by atoms with Gasteiger partial charge in [-0.1, -0.05) is 12.1 Å². The van der Waals surface area contributed by atoms with Crippen LogP contribution in [0.15, 0.2) is 28.2 Å². The van der Waals surface area contributed by atoms with Crippen LogP contribution in [-0.2, 0) is 0 Å². The summed E-state index contributed by atoms with van der Waals surface area (Å²) in [5.41, 5.74) is 3.04. The summed E-state index contributed by atoms with van der Waals surface area (Å²) in [5, 5.41) is 8.94. The van der Waals surface area contributed by atoms with Crippen molar-refractivity contribution in [1.82, 2.24) is 4.90 Å². The van der Waals surface area contributed by atoms with E-state index in [-0.39, 0.29) is 6.67 Å². The van der Waals surface area contributed by atoms with Gasteiger partial charge < -0.3 is 0 Å². The van der Waals surface area contributed by atoms with Gasteiger partial charge in [-0.25, -0.2) is 0 Å². The third kappa shape index (κ3) is 3.18. The first-order chi connectivity index (χ1) is 8.72. The first-order valence-corrected chi connectivity index (χ1v) is 6.69. The normalized spacial score (nSPS) is 15.1. The maximum Gasteiger partial charge on any atom is 0.100 e. The zero-order chi connectivity index (χ0) is 13.0. The van der Waals surface area contributed by atoms with E-state index < -0.39 is 0 Å². The lowest BCUT2D eigenvalue weighted by Crippen LogP contribution is -2.40. The molecule has 1 aromatic rings. The van der Waals surface area contributed by atoms with Crippen LogP contribution in [0.1, 0.15) is 17.5 Å². The van der Waals surface area contributed by atoms with Gasteiger partial charge >= 0.3 is 0 Å². The molecule has 0 spiro atoms. The SMILES string of the molecule is N#Cc1cc(C=C2CN(CCCF)C2)ccc1Br. The predicted octanol–water partition coefficient (Wildman–Crippen LogP) is 3.38. The van der Waals surface area contributed by atoms with Crippen molar-refractivity contribution in [2.45, 2.75) is 6.42 Å². The topological polar surface area (TPSA) is 27.0 Å². The largest absolute Gasteiger partial charge is 0.295 e. The summed E-state index contributed by atoms with van der Waals surface area (Å²) < 4.78 is 12.8. The Labute approximate surface area is 115 Å². The Morgan fingerprint density at radius 3 is 2.89 bits per heavy atom. The van der Waals surface area contributed by atoms with Crippen molar-refractivity contribution in [2.24, 2.45) is 0 Å². The van der Waals surface area contributed by atoms with Gasteiger partial charge in [-0.2, -0.15) is 5.26 Å². The molecule has 18 heavy (non-hydrogen) atoms. The van der Waals surface area contributed by atoms with Crippen molar-refractivity contribution in [3.63, 3.8) is 0 Å². The van der Waals surface area contributed by atoms with Crippen LogP contribution in [0.25, 0.3) is 6.08 Å². The van der Waals surface area contributed by atoms with Crippen molar-refractivity contribution in [2.75, 3.05) is 26.3 Å². The highest BCUT2D eigenvalue weighted by Crippen LogP contribution is 2.22. The lowest BCUT2D eigenvalue weighted by molar-refractivity contribution is 0.239. The van der Waals surface area contributed by atoms with Gasteiger partial charge in [0.1, 0.15) is 6.07 Å². The number of benzene rings is 1. The van der Waals surface area contributed by atoms with Crippen molar-refractivity contribution in [3.8, 4) is 6.07 Å². The fraction of sp³-hybridized carbons (Fsp3) is 0.357. The van der Waals surface area contributed by atoms with Crippen LogP contribution in [0.3, 0.4) is 0 Å². The maximum atomic E-state index is 12.0. The predicted molar refractivity (Wildman–Crippen MR) is 73.9 cm³/mol. The summed E-state index contributed by atoms with van der Waals surface area (Å²) >= 11 is 3.34. The zero-order valence-electron chi connectivity index (χ0n) is 10.00. The van der Waals surface area contributed by atoms with Gasteiger partial charge in [-0.3, -0.25) is 9.29 Å². The molecule has 0 atom stereocenters. The summed E-state index contributed by atoms with van der Waals surface area (Å²) in [7, 11) is 0. The average Bonchev–Trinajstić information content (AvgIpc) is 2.34. The van der Waals surface area contributed by atoms with Gasteiger partial charge in [-0.05, 0) is 45.6 Å². The number of hydrogen-bond acceptors (Lipinski definition) is 2. The second-order valence-electron chi connectivity index (χ2n) is 4.41. The Hall–Kier alpha value is -1.18. The molecular weight excluding hydrogens is 295 g/mol. The molecule has 1 fully saturated rings. The summed E-state index contributed by atoms with van der Waals surface area (Å²) in [6.07, 6.45) is 2.73. The van der Waals surface area contributed by atoms with E-state index >= 15 is 0 Å². The van der Waals surface area contributed by atoms with Gasteiger partial charge in [0.25, 0.3) is 0 Å². The van der Waals surface area contributed by atoms with E-state index in [4.69, 9.17) is 5.26 Å². The molecule has 0 bridgehead atoms. The third-order valence-electron chi connectivity index (χ3n) is 2.94. The minimum Gasteiger partial charge on any atom is -0.295 e. The number of nitrogens with zero attached hydrogens (tertiary/aromatic N) is 2. The van der Waals surface area contributed by atoms with E-state index in [2.05, 4.69) is 33.0 Å². The maximum absolute atomic E-state index is 12.0. The first-order valence-electron chi connectivity index (χ1n) is 5.90. The minimum atomic E-state index is -0.242. The highest BCUT2D eigenvalue weighted by Gasteiger charge is 2.18. The number of halogens is 2. The van der Waals surface area contributed by atoms with Crippen LogP contribution in [0.5, 0.6) is 0 Å². The Morgan fingerprint density at radius 1 is 1.44 bits per heavy atom. The molecule has 1 aliphatic heterocycles. The number of likely N-dealkylation sites (tertiary alicyclic amines) is 1. The summed E-state index contributed by atoms with van der Waals surface area (Å²) in [5.74, 6) is 0. The third-order valence-corrected chi connectivity index (χ3v) is 3.63. The van der Waals surface area contributed by atoms with E-state index in [1.54, 1.807) is 0 Å². The molecule has 94 valence electrons. The molecular formula is C14H14BrFN2. The van der Waals surface area contributed by atoms with E-state index in [9.17, 15) is 4.39 Å². The lowest BCUT2D eigenvalue weighted by atomic mass is 10.0. The highest BCUT2D eigenvalue weighted by molar-refractivity contribution is 9.10. The monoisotopic (exact) mass is 308 g/mol. The molecule has 2 rings (SSSR count). The van der Waals surface area contributed by atoms with Gasteiger partial charge in [0.15, 0.2) is 0 Å². The first kappa shape index (κ1) is 13.3. The number of nitriles is 1. The van der Waals surface area contributed by atoms with Crippen LogP contribution >= 0.6 is 15.9 Å². The molecule has 1 aromatic carbocycles. The summed E-state index contributed by atoms with van der Waals surface area (Å²) in [6.45, 7) is 2.42. The van der Waals surface area contributed by atoms with E-state index in [0.717, 1.165) is 29.7 Å². The van der Waals surface area contributed by atoms with Crippen LogP contribution in [0.4, 0.5) is 4.39 Å². The molecule has 0 saturated carbocycles. The van der Waals surface area contributed by atoms with Gasteiger partial charge in [-0.15, -0.1) is 0 Å². The number of rotatable bonds is 4. The lowest BCUT2D eigenvalue weighted by Gasteiger charge is -2.33. The molecule has 1 aliphatic rings. The summed E-state index contributed by atoms with van der Waals surface area (Å²) in [4.78, 5) is 2.22.